The summed E-state index contributed by atoms with van der Waals surface area (Å²) in [5, 5.41) is 2.78. The lowest BCUT2D eigenvalue weighted by Crippen LogP contribution is -2.40. The number of rotatable bonds is 5. The molecule has 1 aliphatic rings. The van der Waals surface area contributed by atoms with Crippen LogP contribution >= 0.6 is 0 Å². The highest BCUT2D eigenvalue weighted by atomic mass is 16.2. The smallest absolute Gasteiger partial charge is 0.332 e. The highest BCUT2D eigenvalue weighted by Crippen LogP contribution is 2.31. The van der Waals surface area contributed by atoms with Crippen LogP contribution in [0.4, 0.5) is 0 Å². The molecule has 9 heteroatoms. The molecule has 2 aromatic heterocycles. The first-order chi connectivity index (χ1) is 10.9. The van der Waals surface area contributed by atoms with Crippen molar-refractivity contribution in [3.63, 3.8) is 0 Å². The van der Waals surface area contributed by atoms with E-state index in [4.69, 9.17) is 5.73 Å². The number of aromatic nitrogens is 4. The summed E-state index contributed by atoms with van der Waals surface area (Å²) < 4.78 is 3.74. The third-order valence-electron chi connectivity index (χ3n) is 4.29. The Bertz CT molecular complexity index is 873. The van der Waals surface area contributed by atoms with Gasteiger partial charge in [0.15, 0.2) is 11.2 Å². The zero-order valence-electron chi connectivity index (χ0n) is 13.2. The quantitative estimate of drug-likeness (QED) is 0.680. The summed E-state index contributed by atoms with van der Waals surface area (Å²) in [6, 6.07) is -0.0211. The predicted octanol–water partition coefficient (Wildman–Crippen LogP) is -1.71. The van der Waals surface area contributed by atoms with Crippen LogP contribution in [0.25, 0.3) is 11.2 Å². The van der Waals surface area contributed by atoms with E-state index in [9.17, 15) is 14.4 Å². The molecule has 124 valence electrons. The van der Waals surface area contributed by atoms with E-state index in [1.807, 2.05) is 0 Å². The highest BCUT2D eigenvalue weighted by Gasteiger charge is 2.28. The molecule has 0 aliphatic heterocycles. The maximum absolute atomic E-state index is 12.3. The minimum absolute atomic E-state index is 0.0211. The monoisotopic (exact) mass is 320 g/mol. The van der Waals surface area contributed by atoms with Gasteiger partial charge in [-0.3, -0.25) is 18.7 Å². The lowest BCUT2D eigenvalue weighted by molar-refractivity contribution is -0.121. The van der Waals surface area contributed by atoms with E-state index in [-0.39, 0.29) is 29.7 Å². The molecule has 0 radical (unpaired) electrons. The van der Waals surface area contributed by atoms with E-state index in [0.717, 1.165) is 17.4 Å². The van der Waals surface area contributed by atoms with Crippen molar-refractivity contribution < 1.29 is 4.79 Å². The average molecular weight is 320 g/mol. The van der Waals surface area contributed by atoms with Crippen molar-refractivity contribution in [2.24, 2.45) is 25.7 Å². The number of fused-ring (bicyclic) bond motifs is 1. The molecular weight excluding hydrogens is 300 g/mol. The second-order valence-corrected chi connectivity index (χ2v) is 6.06. The maximum atomic E-state index is 12.3. The average Bonchev–Trinajstić information content (AvgIpc) is 3.30. The summed E-state index contributed by atoms with van der Waals surface area (Å²) in [6.45, 7) is 0.383. The summed E-state index contributed by atoms with van der Waals surface area (Å²) in [7, 11) is 2.94. The first-order valence-corrected chi connectivity index (χ1v) is 7.53. The van der Waals surface area contributed by atoms with Crippen molar-refractivity contribution in [1.82, 2.24) is 24.0 Å². The van der Waals surface area contributed by atoms with Crippen LogP contribution in [-0.4, -0.2) is 37.2 Å². The Balaban J connectivity index is 1.82. The van der Waals surface area contributed by atoms with Gasteiger partial charge in [0.05, 0.1) is 6.33 Å². The van der Waals surface area contributed by atoms with Crippen molar-refractivity contribution in [3.8, 4) is 0 Å². The summed E-state index contributed by atoms with van der Waals surface area (Å²) >= 11 is 0. The van der Waals surface area contributed by atoms with Crippen molar-refractivity contribution in [1.29, 1.82) is 0 Å². The van der Waals surface area contributed by atoms with Crippen molar-refractivity contribution in [3.05, 3.63) is 27.2 Å². The number of carbonyl (C=O) groups is 1. The fraction of sp³-hybridized carbons (Fsp3) is 0.571. The Morgan fingerprint density at radius 2 is 2.09 bits per heavy atom. The van der Waals surface area contributed by atoms with E-state index in [1.54, 1.807) is 0 Å². The molecule has 3 rings (SSSR count). The Hall–Kier alpha value is -2.42. The summed E-state index contributed by atoms with van der Waals surface area (Å²) in [5.74, 6) is 0.266. The fourth-order valence-electron chi connectivity index (χ4n) is 2.65. The zero-order chi connectivity index (χ0) is 16.7. The first-order valence-electron chi connectivity index (χ1n) is 7.53. The fourth-order valence-corrected chi connectivity index (χ4v) is 2.65. The molecule has 2 heterocycles. The van der Waals surface area contributed by atoms with Gasteiger partial charge in [-0.05, 0) is 18.8 Å². The molecule has 1 fully saturated rings. The number of aryl methyl sites for hydroxylation is 1. The summed E-state index contributed by atoms with van der Waals surface area (Å²) in [6.07, 6.45) is 3.63. The van der Waals surface area contributed by atoms with Crippen LogP contribution in [0.5, 0.6) is 0 Å². The lowest BCUT2D eigenvalue weighted by atomic mass is 10.2. The van der Waals surface area contributed by atoms with E-state index in [2.05, 4.69) is 10.3 Å². The van der Waals surface area contributed by atoms with Crippen molar-refractivity contribution >= 4 is 17.1 Å². The van der Waals surface area contributed by atoms with Crippen LogP contribution in [0.2, 0.25) is 0 Å². The Labute approximate surface area is 131 Å². The van der Waals surface area contributed by atoms with Crippen LogP contribution in [0.15, 0.2) is 15.9 Å². The molecule has 0 aromatic carbocycles. The molecule has 0 bridgehead atoms. The number of hydrogen-bond acceptors (Lipinski definition) is 5. The number of nitrogens with one attached hydrogen (secondary N) is 1. The minimum atomic E-state index is -0.469. The molecule has 0 saturated heterocycles. The van der Waals surface area contributed by atoms with Crippen LogP contribution in [-0.2, 0) is 25.4 Å². The van der Waals surface area contributed by atoms with Crippen molar-refractivity contribution in [2.45, 2.75) is 25.4 Å². The number of nitrogens with zero attached hydrogens (tertiary/aromatic N) is 4. The third kappa shape index (κ3) is 2.79. The lowest BCUT2D eigenvalue weighted by Gasteiger charge is -2.12. The Kier molecular flexibility index (Phi) is 3.80. The molecule has 1 aliphatic carbocycles. The third-order valence-corrected chi connectivity index (χ3v) is 4.29. The normalized spacial score (nSPS) is 15.8. The molecule has 3 N–H and O–H groups in total. The minimum Gasteiger partial charge on any atom is -0.353 e. The zero-order valence-corrected chi connectivity index (χ0v) is 13.2. The van der Waals surface area contributed by atoms with Gasteiger partial charge < -0.3 is 15.6 Å². The molecule has 0 spiro atoms. The maximum Gasteiger partial charge on any atom is 0.332 e. The molecule has 1 atom stereocenters. The molecule has 1 amide bonds. The van der Waals surface area contributed by atoms with Crippen LogP contribution in [0, 0.1) is 5.92 Å². The summed E-state index contributed by atoms with van der Waals surface area (Å²) in [5.41, 5.74) is 5.52. The SMILES string of the molecule is Cn1c(=O)c2c(ncn2CC(=O)NCC(N)C2CC2)n(C)c1=O. The molecule has 9 nitrogen and oxygen atoms in total. The standard InChI is InChI=1S/C14H20N6O3/c1-18-12-11(13(22)19(2)14(18)23)20(7-17-12)6-10(21)16-5-9(15)8-3-4-8/h7-9H,3-6,15H2,1-2H3,(H,16,21). The van der Waals surface area contributed by atoms with Gasteiger partial charge in [-0.1, -0.05) is 0 Å². The second-order valence-electron chi connectivity index (χ2n) is 6.06. The van der Waals surface area contributed by atoms with Crippen LogP contribution in [0.3, 0.4) is 0 Å². The van der Waals surface area contributed by atoms with E-state index in [0.29, 0.717) is 12.5 Å². The number of hydrogen-bond donors (Lipinski definition) is 2. The van der Waals surface area contributed by atoms with Crippen LogP contribution in [0.1, 0.15) is 12.8 Å². The second kappa shape index (κ2) is 5.65. The van der Waals surface area contributed by atoms with Gasteiger partial charge in [-0.15, -0.1) is 0 Å². The van der Waals surface area contributed by atoms with Gasteiger partial charge in [0.2, 0.25) is 5.91 Å². The largest absolute Gasteiger partial charge is 0.353 e. The molecular formula is C14H20N6O3. The predicted molar refractivity (Wildman–Crippen MR) is 83.9 cm³/mol. The number of nitrogens with two attached hydrogens (primary N) is 1. The number of amides is 1. The number of carbonyl (C=O) groups excluding carboxylic acids is 1. The van der Waals surface area contributed by atoms with E-state index < -0.39 is 11.2 Å². The first kappa shape index (κ1) is 15.5. The van der Waals surface area contributed by atoms with Gasteiger partial charge in [0, 0.05) is 26.7 Å². The van der Waals surface area contributed by atoms with Gasteiger partial charge in [-0.25, -0.2) is 9.78 Å². The Morgan fingerprint density at radius 3 is 2.74 bits per heavy atom. The van der Waals surface area contributed by atoms with Gasteiger partial charge in [-0.2, -0.15) is 0 Å². The molecule has 2 aromatic rings. The van der Waals surface area contributed by atoms with Gasteiger partial charge >= 0.3 is 5.69 Å². The molecule has 23 heavy (non-hydrogen) atoms. The number of imidazole rings is 1. The molecule has 1 unspecified atom stereocenters. The summed E-state index contributed by atoms with van der Waals surface area (Å²) in [4.78, 5) is 40.3. The van der Waals surface area contributed by atoms with Crippen molar-refractivity contribution in [2.75, 3.05) is 6.54 Å². The van der Waals surface area contributed by atoms with E-state index >= 15 is 0 Å². The van der Waals surface area contributed by atoms with Gasteiger partial charge in [0.25, 0.3) is 5.56 Å². The molecule has 1 saturated carbocycles. The highest BCUT2D eigenvalue weighted by molar-refractivity contribution is 5.78. The Morgan fingerprint density at radius 1 is 1.39 bits per heavy atom. The van der Waals surface area contributed by atoms with Crippen LogP contribution < -0.4 is 22.3 Å². The topological polar surface area (TPSA) is 117 Å². The van der Waals surface area contributed by atoms with E-state index in [1.165, 1.54) is 29.6 Å². The van der Waals surface area contributed by atoms with Gasteiger partial charge in [0.1, 0.15) is 6.54 Å².